The van der Waals surface area contributed by atoms with Crippen LogP contribution in [0.2, 0.25) is 0 Å². The number of unbranched alkanes of at least 4 members (excludes halogenated alkanes) is 1. The Morgan fingerprint density at radius 2 is 1.73 bits per heavy atom. The molecule has 0 spiro atoms. The van der Waals surface area contributed by atoms with Gasteiger partial charge < -0.3 is 14.6 Å². The van der Waals surface area contributed by atoms with Crippen molar-refractivity contribution < 1.29 is 19.4 Å². The first-order valence-electron chi connectivity index (χ1n) is 9.64. The standard InChI is InChI=1S/C23H22N2O4S/c1-3-4-5-20(28-18-10-6-16(14-24)7-11-18)29-19-12-8-17(9-13-19)21-22(23(26)27)30-15(2)25-21/h6-13,20H,3-5H2,1-2H3,(H,26,27). The van der Waals surface area contributed by atoms with Crippen molar-refractivity contribution in [1.29, 1.82) is 5.26 Å². The highest BCUT2D eigenvalue weighted by atomic mass is 32.1. The van der Waals surface area contributed by atoms with Crippen LogP contribution in [0.25, 0.3) is 11.3 Å². The molecule has 1 N–H and O–H groups in total. The molecule has 0 amide bonds. The van der Waals surface area contributed by atoms with E-state index in [9.17, 15) is 9.90 Å². The highest BCUT2D eigenvalue weighted by Crippen LogP contribution is 2.30. The summed E-state index contributed by atoms with van der Waals surface area (Å²) < 4.78 is 12.0. The summed E-state index contributed by atoms with van der Waals surface area (Å²) in [6.07, 6.45) is 2.20. The number of aryl methyl sites for hydroxylation is 1. The molecule has 0 bridgehead atoms. The normalized spacial score (nSPS) is 11.5. The van der Waals surface area contributed by atoms with Crippen molar-refractivity contribution in [2.75, 3.05) is 0 Å². The zero-order chi connectivity index (χ0) is 21.5. The van der Waals surface area contributed by atoms with Crippen LogP contribution < -0.4 is 9.47 Å². The summed E-state index contributed by atoms with van der Waals surface area (Å²) in [7, 11) is 0. The van der Waals surface area contributed by atoms with Crippen LogP contribution in [0.3, 0.4) is 0 Å². The number of hydrogen-bond acceptors (Lipinski definition) is 6. The van der Waals surface area contributed by atoms with Crippen molar-refractivity contribution in [3.05, 3.63) is 64.0 Å². The van der Waals surface area contributed by atoms with Crippen LogP contribution in [0, 0.1) is 18.3 Å². The van der Waals surface area contributed by atoms with Crippen molar-refractivity contribution in [1.82, 2.24) is 4.98 Å². The molecule has 154 valence electrons. The zero-order valence-corrected chi connectivity index (χ0v) is 17.6. The topological polar surface area (TPSA) is 92.4 Å². The fraction of sp³-hybridized carbons (Fsp3) is 0.261. The second-order valence-electron chi connectivity index (χ2n) is 6.68. The van der Waals surface area contributed by atoms with Gasteiger partial charge in [0.1, 0.15) is 16.4 Å². The molecule has 0 aliphatic carbocycles. The van der Waals surface area contributed by atoms with Gasteiger partial charge in [-0.25, -0.2) is 9.78 Å². The number of hydrogen-bond donors (Lipinski definition) is 1. The van der Waals surface area contributed by atoms with Gasteiger partial charge in [-0.2, -0.15) is 5.26 Å². The summed E-state index contributed by atoms with van der Waals surface area (Å²) in [6.45, 7) is 3.89. The van der Waals surface area contributed by atoms with Gasteiger partial charge in [0.25, 0.3) is 0 Å². The van der Waals surface area contributed by atoms with Crippen LogP contribution >= 0.6 is 11.3 Å². The van der Waals surface area contributed by atoms with Gasteiger partial charge in [-0.1, -0.05) is 13.3 Å². The smallest absolute Gasteiger partial charge is 0.348 e. The molecule has 1 aromatic heterocycles. The Morgan fingerprint density at radius 1 is 1.13 bits per heavy atom. The lowest BCUT2D eigenvalue weighted by Crippen LogP contribution is -2.23. The molecular weight excluding hydrogens is 400 g/mol. The van der Waals surface area contributed by atoms with Crippen LogP contribution in [0.1, 0.15) is 46.4 Å². The number of nitrogens with zero attached hydrogens (tertiary/aromatic N) is 2. The lowest BCUT2D eigenvalue weighted by atomic mass is 10.1. The monoisotopic (exact) mass is 422 g/mol. The van der Waals surface area contributed by atoms with Crippen LogP contribution in [0.15, 0.2) is 48.5 Å². The second-order valence-corrected chi connectivity index (χ2v) is 7.89. The molecule has 0 saturated carbocycles. The number of thiazole rings is 1. The Labute approximate surface area is 179 Å². The minimum Gasteiger partial charge on any atom is -0.477 e. The van der Waals surface area contributed by atoms with E-state index in [0.717, 1.165) is 29.7 Å². The third kappa shape index (κ3) is 5.37. The van der Waals surface area contributed by atoms with E-state index in [-0.39, 0.29) is 4.88 Å². The molecule has 0 saturated heterocycles. The number of rotatable bonds is 9. The number of aromatic carboxylic acids is 1. The number of aromatic nitrogens is 1. The molecule has 0 aliphatic heterocycles. The van der Waals surface area contributed by atoms with Gasteiger partial charge in [0.15, 0.2) is 0 Å². The first-order chi connectivity index (χ1) is 14.5. The molecular formula is C23H22N2O4S. The number of benzene rings is 2. The van der Waals surface area contributed by atoms with E-state index >= 15 is 0 Å². The predicted molar refractivity (Wildman–Crippen MR) is 115 cm³/mol. The van der Waals surface area contributed by atoms with Crippen molar-refractivity contribution in [2.45, 2.75) is 39.4 Å². The Hall–Kier alpha value is -3.37. The highest BCUT2D eigenvalue weighted by Gasteiger charge is 2.18. The Kier molecular flexibility index (Phi) is 7.04. The van der Waals surface area contributed by atoms with Gasteiger partial charge in [0.05, 0.1) is 22.3 Å². The number of carboxylic acid groups (broad SMARTS) is 1. The predicted octanol–water partition coefficient (Wildman–Crippen LogP) is 5.66. The van der Waals surface area contributed by atoms with E-state index in [2.05, 4.69) is 18.0 Å². The lowest BCUT2D eigenvalue weighted by molar-refractivity contribution is -0.00211. The molecule has 3 rings (SSSR count). The molecule has 1 unspecified atom stereocenters. The third-order valence-electron chi connectivity index (χ3n) is 4.37. The Bertz CT molecular complexity index is 1040. The molecule has 3 aromatic rings. The molecule has 1 atom stereocenters. The number of carbonyl (C=O) groups is 1. The lowest BCUT2D eigenvalue weighted by Gasteiger charge is -2.20. The van der Waals surface area contributed by atoms with E-state index in [1.54, 1.807) is 55.5 Å². The van der Waals surface area contributed by atoms with E-state index in [0.29, 0.717) is 34.2 Å². The summed E-state index contributed by atoms with van der Waals surface area (Å²) in [5, 5.41) is 19.0. The second kappa shape index (κ2) is 9.90. The maximum absolute atomic E-state index is 11.4. The summed E-state index contributed by atoms with van der Waals surface area (Å²) >= 11 is 1.16. The molecule has 1 heterocycles. The maximum atomic E-state index is 11.4. The van der Waals surface area contributed by atoms with Crippen LogP contribution in [-0.4, -0.2) is 22.3 Å². The largest absolute Gasteiger partial charge is 0.477 e. The van der Waals surface area contributed by atoms with E-state index in [4.69, 9.17) is 14.7 Å². The zero-order valence-electron chi connectivity index (χ0n) is 16.8. The minimum atomic E-state index is -0.980. The average molecular weight is 423 g/mol. The van der Waals surface area contributed by atoms with Crippen LogP contribution in [-0.2, 0) is 0 Å². The van der Waals surface area contributed by atoms with E-state index in [1.807, 2.05) is 0 Å². The van der Waals surface area contributed by atoms with Crippen molar-refractivity contribution >= 4 is 17.3 Å². The first kappa shape index (κ1) is 21.3. The maximum Gasteiger partial charge on any atom is 0.348 e. The number of ether oxygens (including phenoxy) is 2. The van der Waals surface area contributed by atoms with Crippen molar-refractivity contribution in [3.8, 4) is 28.8 Å². The Morgan fingerprint density at radius 3 is 2.27 bits per heavy atom. The van der Waals surface area contributed by atoms with Gasteiger partial charge >= 0.3 is 5.97 Å². The van der Waals surface area contributed by atoms with Gasteiger partial charge in [0, 0.05) is 12.0 Å². The van der Waals surface area contributed by atoms with Gasteiger partial charge in [0.2, 0.25) is 6.29 Å². The van der Waals surface area contributed by atoms with E-state index < -0.39 is 12.3 Å². The highest BCUT2D eigenvalue weighted by molar-refractivity contribution is 7.14. The molecule has 6 nitrogen and oxygen atoms in total. The van der Waals surface area contributed by atoms with Gasteiger partial charge in [-0.05, 0) is 61.9 Å². The van der Waals surface area contributed by atoms with Gasteiger partial charge in [-0.3, -0.25) is 0 Å². The van der Waals surface area contributed by atoms with Crippen molar-refractivity contribution in [2.24, 2.45) is 0 Å². The summed E-state index contributed by atoms with van der Waals surface area (Å²) in [5.74, 6) is 0.277. The summed E-state index contributed by atoms with van der Waals surface area (Å²) in [4.78, 5) is 16.0. The number of nitriles is 1. The Balaban J connectivity index is 1.74. The van der Waals surface area contributed by atoms with Crippen LogP contribution in [0.4, 0.5) is 0 Å². The first-order valence-corrected chi connectivity index (χ1v) is 10.5. The van der Waals surface area contributed by atoms with Gasteiger partial charge in [-0.15, -0.1) is 11.3 Å². The minimum absolute atomic E-state index is 0.228. The van der Waals surface area contributed by atoms with Crippen LogP contribution in [0.5, 0.6) is 11.5 Å². The summed E-state index contributed by atoms with van der Waals surface area (Å²) in [6, 6.07) is 16.2. The number of carboxylic acids is 1. The quantitative estimate of drug-likeness (QED) is 0.447. The molecule has 7 heteroatoms. The third-order valence-corrected chi connectivity index (χ3v) is 5.33. The average Bonchev–Trinajstić information content (AvgIpc) is 3.15. The van der Waals surface area contributed by atoms with Crippen molar-refractivity contribution in [3.63, 3.8) is 0 Å². The fourth-order valence-electron chi connectivity index (χ4n) is 2.88. The summed E-state index contributed by atoms with van der Waals surface area (Å²) in [5.41, 5.74) is 1.76. The molecule has 30 heavy (non-hydrogen) atoms. The fourth-order valence-corrected chi connectivity index (χ4v) is 3.66. The molecule has 0 fully saturated rings. The van der Waals surface area contributed by atoms with E-state index in [1.165, 1.54) is 0 Å². The SMILES string of the molecule is CCCCC(Oc1ccc(C#N)cc1)Oc1ccc(-c2nc(C)sc2C(=O)O)cc1. The molecule has 0 aliphatic rings. The molecule has 0 radical (unpaired) electrons. The molecule has 2 aromatic carbocycles.